The Morgan fingerprint density at radius 1 is 1.35 bits per heavy atom. The average molecular weight is 423 g/mol. The molecule has 1 aliphatic heterocycles. The second kappa shape index (κ2) is 9.20. The number of nitrogens with zero attached hydrogens (tertiary/aromatic N) is 2. The van der Waals surface area contributed by atoms with E-state index < -0.39 is 0 Å². The summed E-state index contributed by atoms with van der Waals surface area (Å²) in [5, 5.41) is 7.19. The molecule has 0 aromatic heterocycles. The van der Waals surface area contributed by atoms with Crippen LogP contribution in [0.3, 0.4) is 0 Å². The summed E-state index contributed by atoms with van der Waals surface area (Å²) in [6, 6.07) is 9.21. The molecule has 0 atom stereocenters. The van der Waals surface area contributed by atoms with Crippen LogP contribution in [-0.4, -0.2) is 63.8 Å². The molecule has 0 bridgehead atoms. The van der Waals surface area contributed by atoms with E-state index in [2.05, 4.69) is 60.7 Å². The smallest absolute Gasteiger partial charge is 0.191 e. The number of aliphatic imine (C=N–C) groups is 1. The zero-order valence-electron chi connectivity index (χ0n) is 15.9. The van der Waals surface area contributed by atoms with Crippen molar-refractivity contribution in [3.05, 3.63) is 34.3 Å². The Kier molecular flexibility index (Phi) is 6.95. The highest BCUT2D eigenvalue weighted by Gasteiger charge is 2.44. The third-order valence-electron chi connectivity index (χ3n) is 5.65. The van der Waals surface area contributed by atoms with E-state index in [1.54, 1.807) is 7.11 Å². The molecular formula is C20H31BrN4O. The van der Waals surface area contributed by atoms with Crippen LogP contribution in [0.15, 0.2) is 33.7 Å². The van der Waals surface area contributed by atoms with E-state index in [4.69, 9.17) is 4.74 Å². The molecule has 1 saturated carbocycles. The van der Waals surface area contributed by atoms with Crippen LogP contribution in [0, 0.1) is 0 Å². The second-order valence-electron chi connectivity index (χ2n) is 7.47. The van der Waals surface area contributed by atoms with Crippen molar-refractivity contribution in [3.8, 4) is 0 Å². The predicted octanol–water partition coefficient (Wildman–Crippen LogP) is 2.76. The molecule has 26 heavy (non-hydrogen) atoms. The largest absolute Gasteiger partial charge is 0.383 e. The number of hydrogen-bond acceptors (Lipinski definition) is 3. The van der Waals surface area contributed by atoms with Crippen LogP contribution >= 0.6 is 15.9 Å². The van der Waals surface area contributed by atoms with Gasteiger partial charge in [-0.25, -0.2) is 0 Å². The number of nitrogens with one attached hydrogen (secondary N) is 2. The molecule has 2 N–H and O–H groups in total. The number of guanidine groups is 1. The van der Waals surface area contributed by atoms with Gasteiger partial charge in [0, 0.05) is 56.3 Å². The normalized spacial score (nSPS) is 20.8. The number of halogens is 1. The first-order valence-electron chi connectivity index (χ1n) is 9.60. The van der Waals surface area contributed by atoms with Crippen molar-refractivity contribution >= 4 is 21.9 Å². The zero-order chi connectivity index (χ0) is 18.4. The number of piperidine rings is 1. The Labute approximate surface area is 165 Å². The second-order valence-corrected chi connectivity index (χ2v) is 8.39. The van der Waals surface area contributed by atoms with Crippen LogP contribution in [0.5, 0.6) is 0 Å². The van der Waals surface area contributed by atoms with Gasteiger partial charge in [-0.2, -0.15) is 0 Å². The molecule has 1 heterocycles. The molecule has 1 aromatic carbocycles. The standard InChI is InChI=1S/C20H31BrN4O/c1-22-19(24-18-6-10-25(11-7-18)12-13-26-2)23-15-20(8-9-20)16-4-3-5-17(21)14-16/h3-5,14,18H,6-13,15H2,1-2H3,(H2,22,23,24). The Balaban J connectivity index is 1.46. The van der Waals surface area contributed by atoms with Crippen LogP contribution in [0.25, 0.3) is 0 Å². The molecule has 5 nitrogen and oxygen atoms in total. The van der Waals surface area contributed by atoms with E-state index in [-0.39, 0.29) is 5.41 Å². The molecule has 0 unspecified atom stereocenters. The summed E-state index contributed by atoms with van der Waals surface area (Å²) in [4.78, 5) is 6.92. The topological polar surface area (TPSA) is 48.9 Å². The lowest BCUT2D eigenvalue weighted by Crippen LogP contribution is -2.50. The summed E-state index contributed by atoms with van der Waals surface area (Å²) >= 11 is 3.59. The Hall–Kier alpha value is -1.11. The van der Waals surface area contributed by atoms with Gasteiger partial charge in [0.15, 0.2) is 5.96 Å². The van der Waals surface area contributed by atoms with Gasteiger partial charge in [-0.15, -0.1) is 0 Å². The number of rotatable bonds is 7. The first-order chi connectivity index (χ1) is 12.6. The average Bonchev–Trinajstić information content (AvgIpc) is 3.45. The summed E-state index contributed by atoms with van der Waals surface area (Å²) in [6.07, 6.45) is 4.79. The fourth-order valence-electron chi connectivity index (χ4n) is 3.70. The number of ether oxygens (including phenoxy) is 1. The van der Waals surface area contributed by atoms with Crippen LogP contribution in [0.4, 0.5) is 0 Å². The molecule has 0 spiro atoms. The van der Waals surface area contributed by atoms with Gasteiger partial charge in [0.05, 0.1) is 6.61 Å². The van der Waals surface area contributed by atoms with Crippen molar-refractivity contribution in [2.75, 3.05) is 46.9 Å². The van der Waals surface area contributed by atoms with Crippen molar-refractivity contribution in [2.24, 2.45) is 4.99 Å². The van der Waals surface area contributed by atoms with Gasteiger partial charge in [0.1, 0.15) is 0 Å². The number of hydrogen-bond donors (Lipinski definition) is 2. The van der Waals surface area contributed by atoms with Crippen molar-refractivity contribution in [2.45, 2.75) is 37.1 Å². The third kappa shape index (κ3) is 5.21. The maximum atomic E-state index is 5.18. The summed E-state index contributed by atoms with van der Waals surface area (Å²) in [5.74, 6) is 0.932. The minimum atomic E-state index is 0.269. The van der Waals surface area contributed by atoms with Gasteiger partial charge in [-0.05, 0) is 43.4 Å². The Morgan fingerprint density at radius 3 is 2.73 bits per heavy atom. The van der Waals surface area contributed by atoms with Crippen molar-refractivity contribution in [1.29, 1.82) is 0 Å². The predicted molar refractivity (Wildman–Crippen MR) is 111 cm³/mol. The van der Waals surface area contributed by atoms with Crippen LogP contribution in [-0.2, 0) is 10.2 Å². The summed E-state index contributed by atoms with van der Waals surface area (Å²) in [5.41, 5.74) is 1.69. The van der Waals surface area contributed by atoms with E-state index in [1.807, 2.05) is 7.05 Å². The highest BCUT2D eigenvalue weighted by molar-refractivity contribution is 9.10. The van der Waals surface area contributed by atoms with Gasteiger partial charge in [-0.1, -0.05) is 28.1 Å². The molecule has 6 heteroatoms. The van der Waals surface area contributed by atoms with E-state index in [1.165, 1.54) is 18.4 Å². The molecular weight excluding hydrogens is 392 g/mol. The highest BCUT2D eigenvalue weighted by atomic mass is 79.9. The third-order valence-corrected chi connectivity index (χ3v) is 6.14. The number of methoxy groups -OCH3 is 1. The van der Waals surface area contributed by atoms with Crippen molar-refractivity contribution < 1.29 is 4.74 Å². The molecule has 1 aliphatic carbocycles. The molecule has 1 aromatic rings. The molecule has 0 radical (unpaired) electrons. The summed E-state index contributed by atoms with van der Waals surface area (Å²) in [7, 11) is 3.63. The fraction of sp³-hybridized carbons (Fsp3) is 0.650. The monoisotopic (exact) mass is 422 g/mol. The minimum absolute atomic E-state index is 0.269. The van der Waals surface area contributed by atoms with Gasteiger partial charge in [0.25, 0.3) is 0 Å². The Bertz CT molecular complexity index is 610. The van der Waals surface area contributed by atoms with E-state index in [9.17, 15) is 0 Å². The van der Waals surface area contributed by atoms with Crippen LogP contribution in [0.2, 0.25) is 0 Å². The Morgan fingerprint density at radius 2 is 2.12 bits per heavy atom. The minimum Gasteiger partial charge on any atom is -0.383 e. The highest BCUT2D eigenvalue weighted by Crippen LogP contribution is 2.48. The number of benzene rings is 1. The number of likely N-dealkylation sites (tertiary alicyclic amines) is 1. The SMILES string of the molecule is CN=C(NCC1(c2cccc(Br)c2)CC1)NC1CCN(CCOC)CC1. The van der Waals surface area contributed by atoms with Gasteiger partial charge < -0.3 is 20.3 Å². The fourth-order valence-corrected chi connectivity index (χ4v) is 4.10. The lowest BCUT2D eigenvalue weighted by Gasteiger charge is -2.33. The van der Waals surface area contributed by atoms with Gasteiger partial charge in [-0.3, -0.25) is 4.99 Å². The van der Waals surface area contributed by atoms with E-state index in [0.717, 1.165) is 56.1 Å². The zero-order valence-corrected chi connectivity index (χ0v) is 17.5. The van der Waals surface area contributed by atoms with Crippen LogP contribution < -0.4 is 10.6 Å². The molecule has 3 rings (SSSR count). The molecule has 144 valence electrons. The van der Waals surface area contributed by atoms with Crippen molar-refractivity contribution in [3.63, 3.8) is 0 Å². The van der Waals surface area contributed by atoms with E-state index in [0.29, 0.717) is 6.04 Å². The lowest BCUT2D eigenvalue weighted by molar-refractivity contribution is 0.128. The van der Waals surface area contributed by atoms with Gasteiger partial charge in [0.2, 0.25) is 0 Å². The summed E-state index contributed by atoms with van der Waals surface area (Å²) in [6.45, 7) is 5.04. The maximum Gasteiger partial charge on any atom is 0.191 e. The molecule has 2 aliphatic rings. The van der Waals surface area contributed by atoms with Gasteiger partial charge >= 0.3 is 0 Å². The van der Waals surface area contributed by atoms with Crippen LogP contribution in [0.1, 0.15) is 31.2 Å². The molecule has 0 amide bonds. The molecule has 2 fully saturated rings. The lowest BCUT2D eigenvalue weighted by atomic mass is 9.96. The van der Waals surface area contributed by atoms with E-state index >= 15 is 0 Å². The first-order valence-corrected chi connectivity index (χ1v) is 10.4. The van der Waals surface area contributed by atoms with Crippen molar-refractivity contribution in [1.82, 2.24) is 15.5 Å². The summed E-state index contributed by atoms with van der Waals surface area (Å²) < 4.78 is 6.33. The quantitative estimate of drug-likeness (QED) is 0.523. The first kappa shape index (κ1) is 19.6. The maximum absolute atomic E-state index is 5.18. The molecule has 1 saturated heterocycles.